The number of anilines is 1. The molecule has 0 radical (unpaired) electrons. The molecule has 1 heterocycles. The van der Waals surface area contributed by atoms with Gasteiger partial charge in [0.05, 0.1) is 6.54 Å². The Labute approximate surface area is 117 Å². The number of nitrogens with zero attached hydrogens (tertiary/aromatic N) is 2. The van der Waals surface area contributed by atoms with Crippen molar-refractivity contribution in [3.63, 3.8) is 0 Å². The smallest absolute Gasteiger partial charge is 0.315 e. The molecule has 0 fully saturated rings. The highest BCUT2D eigenvalue weighted by atomic mass is 35.5. The van der Waals surface area contributed by atoms with E-state index in [1.54, 1.807) is 0 Å². The van der Waals surface area contributed by atoms with Crippen LogP contribution >= 0.6 is 11.6 Å². The second-order valence-corrected chi connectivity index (χ2v) is 4.52. The summed E-state index contributed by atoms with van der Waals surface area (Å²) in [6.45, 7) is 4.25. The van der Waals surface area contributed by atoms with Gasteiger partial charge in [-0.3, -0.25) is 0 Å². The van der Waals surface area contributed by atoms with Crippen molar-refractivity contribution in [1.29, 1.82) is 0 Å². The lowest BCUT2D eigenvalue weighted by Crippen LogP contribution is -2.11. The van der Waals surface area contributed by atoms with Crippen molar-refractivity contribution in [3.05, 3.63) is 40.7 Å². The lowest BCUT2D eigenvalue weighted by atomic mass is 10.1. The molecule has 0 amide bonds. The largest absolute Gasteiger partial charge is 0.407 e. The highest BCUT2D eigenvalue weighted by Gasteiger charge is 2.04. The van der Waals surface area contributed by atoms with Crippen molar-refractivity contribution in [2.75, 3.05) is 18.4 Å². The zero-order valence-electron chi connectivity index (χ0n) is 10.8. The third-order valence-corrected chi connectivity index (χ3v) is 2.85. The molecule has 0 atom stereocenters. The highest BCUT2D eigenvalue weighted by molar-refractivity contribution is 6.30. The van der Waals surface area contributed by atoms with Crippen LogP contribution in [-0.4, -0.2) is 23.3 Å². The van der Waals surface area contributed by atoms with Gasteiger partial charge in [0.2, 0.25) is 5.89 Å². The van der Waals surface area contributed by atoms with E-state index < -0.39 is 0 Å². The molecule has 1 aromatic heterocycles. The first-order valence-corrected chi connectivity index (χ1v) is 6.67. The van der Waals surface area contributed by atoms with Crippen LogP contribution in [0.1, 0.15) is 18.4 Å². The lowest BCUT2D eigenvalue weighted by Gasteiger charge is -2.02. The number of hydrogen-bond donors (Lipinski definition) is 2. The van der Waals surface area contributed by atoms with Crippen molar-refractivity contribution in [2.24, 2.45) is 0 Å². The summed E-state index contributed by atoms with van der Waals surface area (Å²) in [6, 6.07) is 8.25. The fraction of sp³-hybridized carbons (Fsp3) is 0.385. The van der Waals surface area contributed by atoms with Crippen LogP contribution in [0.25, 0.3) is 0 Å². The Morgan fingerprint density at radius 1 is 1.21 bits per heavy atom. The summed E-state index contributed by atoms with van der Waals surface area (Å²) < 4.78 is 5.43. The zero-order valence-corrected chi connectivity index (χ0v) is 11.6. The predicted molar refractivity (Wildman–Crippen MR) is 75.3 cm³/mol. The third-order valence-electron chi connectivity index (χ3n) is 2.60. The molecule has 2 N–H and O–H groups in total. The van der Waals surface area contributed by atoms with Gasteiger partial charge in [0.15, 0.2) is 0 Å². The highest BCUT2D eigenvalue weighted by Crippen LogP contribution is 2.10. The summed E-state index contributed by atoms with van der Waals surface area (Å²) in [5.74, 6) is 0.593. The minimum Gasteiger partial charge on any atom is -0.407 e. The standard InChI is InChI=1S/C13H17ClN4O/c1-2-15-9-12-17-18-13(19-12)16-8-7-10-3-5-11(14)6-4-10/h3-6,15H,2,7-9H2,1H3,(H,16,18). The van der Waals surface area contributed by atoms with Gasteiger partial charge >= 0.3 is 6.01 Å². The van der Waals surface area contributed by atoms with Crippen molar-refractivity contribution in [3.8, 4) is 0 Å². The first kappa shape index (κ1) is 13.8. The van der Waals surface area contributed by atoms with E-state index in [1.165, 1.54) is 5.56 Å². The van der Waals surface area contributed by atoms with Crippen molar-refractivity contribution < 1.29 is 4.42 Å². The van der Waals surface area contributed by atoms with Crippen LogP contribution in [-0.2, 0) is 13.0 Å². The topological polar surface area (TPSA) is 63.0 Å². The van der Waals surface area contributed by atoms with Gasteiger partial charge in [-0.2, -0.15) is 0 Å². The maximum Gasteiger partial charge on any atom is 0.315 e. The number of rotatable bonds is 7. The molecule has 19 heavy (non-hydrogen) atoms. The molecular weight excluding hydrogens is 264 g/mol. The summed E-state index contributed by atoms with van der Waals surface area (Å²) in [7, 11) is 0. The Morgan fingerprint density at radius 3 is 2.74 bits per heavy atom. The van der Waals surface area contributed by atoms with E-state index >= 15 is 0 Å². The van der Waals surface area contributed by atoms with E-state index in [2.05, 4.69) is 20.8 Å². The Kier molecular flexibility index (Phi) is 5.18. The summed E-state index contributed by atoms with van der Waals surface area (Å²) in [5.41, 5.74) is 1.21. The molecule has 0 aliphatic rings. The molecule has 0 aliphatic heterocycles. The van der Waals surface area contributed by atoms with Gasteiger partial charge in [-0.25, -0.2) is 0 Å². The van der Waals surface area contributed by atoms with Crippen molar-refractivity contribution in [1.82, 2.24) is 15.5 Å². The maximum atomic E-state index is 5.83. The Morgan fingerprint density at radius 2 is 2.00 bits per heavy atom. The molecule has 6 heteroatoms. The first-order valence-electron chi connectivity index (χ1n) is 6.29. The fourth-order valence-electron chi connectivity index (χ4n) is 1.59. The molecule has 2 rings (SSSR count). The Hall–Kier alpha value is -1.59. The number of hydrogen-bond acceptors (Lipinski definition) is 5. The van der Waals surface area contributed by atoms with Crippen LogP contribution in [0, 0.1) is 0 Å². The molecule has 0 saturated carbocycles. The second kappa shape index (κ2) is 7.11. The monoisotopic (exact) mass is 280 g/mol. The van der Waals surface area contributed by atoms with E-state index in [1.807, 2.05) is 31.2 Å². The average molecular weight is 281 g/mol. The zero-order chi connectivity index (χ0) is 13.5. The summed E-state index contributed by atoms with van der Waals surface area (Å²) in [4.78, 5) is 0. The van der Waals surface area contributed by atoms with E-state index in [0.717, 1.165) is 24.5 Å². The molecule has 0 saturated heterocycles. The van der Waals surface area contributed by atoms with Crippen molar-refractivity contribution >= 4 is 17.6 Å². The predicted octanol–water partition coefficient (Wildman–Crippen LogP) is 2.49. The van der Waals surface area contributed by atoms with Crippen LogP contribution in [0.15, 0.2) is 28.7 Å². The molecule has 0 spiro atoms. The van der Waals surface area contributed by atoms with E-state index in [4.69, 9.17) is 16.0 Å². The van der Waals surface area contributed by atoms with Crippen molar-refractivity contribution in [2.45, 2.75) is 19.9 Å². The van der Waals surface area contributed by atoms with Gasteiger partial charge < -0.3 is 15.1 Å². The number of aromatic nitrogens is 2. The molecule has 2 aromatic rings. The molecule has 0 unspecified atom stereocenters. The molecule has 102 valence electrons. The molecule has 5 nitrogen and oxygen atoms in total. The summed E-state index contributed by atoms with van der Waals surface area (Å²) >= 11 is 5.83. The van der Waals surface area contributed by atoms with Gasteiger partial charge in [0.1, 0.15) is 0 Å². The minimum absolute atomic E-state index is 0.460. The molecule has 0 aliphatic carbocycles. The SMILES string of the molecule is CCNCc1nnc(NCCc2ccc(Cl)cc2)o1. The minimum atomic E-state index is 0.460. The molecule has 0 bridgehead atoms. The number of benzene rings is 1. The molecular formula is C13H17ClN4O. The van der Waals surface area contributed by atoms with Crippen LogP contribution in [0.2, 0.25) is 5.02 Å². The van der Waals surface area contributed by atoms with E-state index in [-0.39, 0.29) is 0 Å². The number of halogens is 1. The third kappa shape index (κ3) is 4.54. The van der Waals surface area contributed by atoms with Gasteiger partial charge in [-0.05, 0) is 30.7 Å². The van der Waals surface area contributed by atoms with Gasteiger partial charge in [0, 0.05) is 11.6 Å². The Balaban J connectivity index is 1.76. The normalized spacial score (nSPS) is 10.6. The van der Waals surface area contributed by atoms with Gasteiger partial charge in [0.25, 0.3) is 0 Å². The second-order valence-electron chi connectivity index (χ2n) is 4.08. The van der Waals surface area contributed by atoms with Gasteiger partial charge in [-0.15, -0.1) is 5.10 Å². The van der Waals surface area contributed by atoms with E-state index in [9.17, 15) is 0 Å². The van der Waals surface area contributed by atoms with Crippen LogP contribution in [0.3, 0.4) is 0 Å². The quantitative estimate of drug-likeness (QED) is 0.816. The van der Waals surface area contributed by atoms with E-state index in [0.29, 0.717) is 18.5 Å². The van der Waals surface area contributed by atoms with Gasteiger partial charge in [-0.1, -0.05) is 35.8 Å². The van der Waals surface area contributed by atoms with Crippen LogP contribution in [0.4, 0.5) is 6.01 Å². The Bertz CT molecular complexity index is 498. The summed E-state index contributed by atoms with van der Waals surface area (Å²) in [5, 5.41) is 14.8. The fourth-order valence-corrected chi connectivity index (χ4v) is 1.72. The van der Waals surface area contributed by atoms with Crippen LogP contribution in [0.5, 0.6) is 0 Å². The molecule has 1 aromatic carbocycles. The average Bonchev–Trinajstić information content (AvgIpc) is 2.87. The summed E-state index contributed by atoms with van der Waals surface area (Å²) in [6.07, 6.45) is 0.877. The lowest BCUT2D eigenvalue weighted by molar-refractivity contribution is 0.481. The number of nitrogens with one attached hydrogen (secondary N) is 2. The first-order chi connectivity index (χ1) is 9.28. The maximum absolute atomic E-state index is 5.83. The van der Waals surface area contributed by atoms with Crippen LogP contribution < -0.4 is 10.6 Å².